The molecule has 6 nitrogen and oxygen atoms in total. The largest absolute Gasteiger partial charge is 0.394 e. The number of nitrogens with zero attached hydrogens (tertiary/aromatic N) is 3. The van der Waals surface area contributed by atoms with Crippen LogP contribution in [0.3, 0.4) is 0 Å². The Morgan fingerprint density at radius 1 is 1.40 bits per heavy atom. The van der Waals surface area contributed by atoms with Gasteiger partial charge in [-0.05, 0) is 31.0 Å². The van der Waals surface area contributed by atoms with Gasteiger partial charge in [0.05, 0.1) is 24.4 Å². The van der Waals surface area contributed by atoms with Crippen molar-refractivity contribution in [1.82, 2.24) is 9.78 Å². The van der Waals surface area contributed by atoms with Crippen LogP contribution < -0.4 is 10.6 Å². The number of rotatable bonds is 5. The van der Waals surface area contributed by atoms with Crippen LogP contribution in [0.4, 0.5) is 10.1 Å². The van der Waals surface area contributed by atoms with E-state index in [1.807, 2.05) is 15.6 Å². The quantitative estimate of drug-likeness (QED) is 0.791. The maximum absolute atomic E-state index is 14.2. The molecule has 3 N–H and O–H groups in total. The van der Waals surface area contributed by atoms with E-state index in [0.717, 1.165) is 18.5 Å². The highest BCUT2D eigenvalue weighted by molar-refractivity contribution is 9.10. The number of carbonyl (C=O) groups excluding carboxylic acids is 1. The smallest absolute Gasteiger partial charge is 0.253 e. The summed E-state index contributed by atoms with van der Waals surface area (Å²) in [5, 5.41) is 13.4. The number of hydrogen-bond donors (Lipinski definition) is 2. The van der Waals surface area contributed by atoms with Gasteiger partial charge in [-0.15, -0.1) is 0 Å². The lowest BCUT2D eigenvalue weighted by atomic mass is 9.92. The Morgan fingerprint density at radius 3 is 2.76 bits per heavy atom. The molecule has 134 valence electrons. The molecule has 0 aliphatic carbocycles. The van der Waals surface area contributed by atoms with Gasteiger partial charge >= 0.3 is 0 Å². The second-order valence-electron chi connectivity index (χ2n) is 6.11. The minimum atomic E-state index is -0.761. The van der Waals surface area contributed by atoms with Crippen LogP contribution in [0.25, 0.3) is 0 Å². The highest BCUT2D eigenvalue weighted by Crippen LogP contribution is 2.34. The van der Waals surface area contributed by atoms with Crippen molar-refractivity contribution >= 4 is 27.5 Å². The molecule has 1 aliphatic heterocycles. The Morgan fingerprint density at radius 2 is 2.12 bits per heavy atom. The van der Waals surface area contributed by atoms with Crippen molar-refractivity contribution < 1.29 is 14.3 Å². The minimum absolute atomic E-state index is 0.0484. The molecule has 1 aromatic heterocycles. The lowest BCUT2D eigenvalue weighted by Gasteiger charge is -2.34. The third-order valence-corrected chi connectivity index (χ3v) is 5.05. The van der Waals surface area contributed by atoms with Crippen LogP contribution in [-0.4, -0.2) is 40.5 Å². The van der Waals surface area contributed by atoms with Crippen LogP contribution in [0, 0.1) is 5.82 Å². The van der Waals surface area contributed by atoms with Gasteiger partial charge < -0.3 is 15.7 Å². The summed E-state index contributed by atoms with van der Waals surface area (Å²) in [6.45, 7) is 1.90. The van der Waals surface area contributed by atoms with E-state index in [1.165, 1.54) is 6.07 Å². The molecule has 1 aromatic carbocycles. The zero-order chi connectivity index (χ0) is 18.0. The van der Waals surface area contributed by atoms with E-state index in [4.69, 9.17) is 10.8 Å². The van der Waals surface area contributed by atoms with E-state index in [2.05, 4.69) is 21.0 Å². The van der Waals surface area contributed by atoms with Gasteiger partial charge in [0.15, 0.2) is 0 Å². The van der Waals surface area contributed by atoms with Gasteiger partial charge in [-0.2, -0.15) is 5.10 Å². The summed E-state index contributed by atoms with van der Waals surface area (Å²) < 4.78 is 16.6. The lowest BCUT2D eigenvalue weighted by molar-refractivity contribution is 0.0997. The normalized spacial score (nSPS) is 15.6. The summed E-state index contributed by atoms with van der Waals surface area (Å²) in [6.07, 6.45) is 3.44. The van der Waals surface area contributed by atoms with Crippen molar-refractivity contribution in [2.45, 2.75) is 25.3 Å². The first-order valence-electron chi connectivity index (χ1n) is 8.17. The predicted molar refractivity (Wildman–Crippen MR) is 96.1 cm³/mol. The van der Waals surface area contributed by atoms with E-state index in [0.29, 0.717) is 35.7 Å². The maximum Gasteiger partial charge on any atom is 0.253 e. The molecule has 1 saturated heterocycles. The number of primary amides is 1. The summed E-state index contributed by atoms with van der Waals surface area (Å²) in [7, 11) is 0. The molecule has 2 aromatic rings. The Hall–Kier alpha value is -1.93. The van der Waals surface area contributed by atoms with Gasteiger partial charge in [0.25, 0.3) is 5.91 Å². The summed E-state index contributed by atoms with van der Waals surface area (Å²) in [5.74, 6) is -1.05. The Bertz CT molecular complexity index is 772. The van der Waals surface area contributed by atoms with Gasteiger partial charge in [0.1, 0.15) is 5.82 Å². The first kappa shape index (κ1) is 17.9. The van der Waals surface area contributed by atoms with E-state index < -0.39 is 11.7 Å². The molecule has 1 fully saturated rings. The minimum Gasteiger partial charge on any atom is -0.394 e. The summed E-state index contributed by atoms with van der Waals surface area (Å²) in [4.78, 5) is 13.7. The van der Waals surface area contributed by atoms with Crippen LogP contribution in [0.1, 0.15) is 34.8 Å². The van der Waals surface area contributed by atoms with E-state index in [9.17, 15) is 9.18 Å². The third kappa shape index (κ3) is 3.69. The fraction of sp³-hybridized carbons (Fsp3) is 0.412. The number of carbonyl (C=O) groups is 1. The highest BCUT2D eigenvalue weighted by Gasteiger charge is 2.27. The standard InChI is InChI=1S/C17H20BrFN4O2/c18-12-9-13(19)16(17(20)25)15(10-12)22-5-2-11(3-6-22)14-1-4-21-23(14)7-8-24/h1,4,9-11,24H,2-3,5-8H2,(H2,20,25). The SMILES string of the molecule is NC(=O)c1c(F)cc(Br)cc1N1CCC(c2ccnn2CCO)CC1. The number of nitrogens with two attached hydrogens (primary N) is 1. The number of aromatic nitrogens is 2. The molecule has 1 amide bonds. The maximum atomic E-state index is 14.2. The monoisotopic (exact) mass is 410 g/mol. The molecule has 8 heteroatoms. The van der Waals surface area contributed by atoms with Crippen molar-refractivity contribution in [3.63, 3.8) is 0 Å². The summed E-state index contributed by atoms with van der Waals surface area (Å²) in [6, 6.07) is 4.97. The fourth-order valence-electron chi connectivity index (χ4n) is 3.44. The molecular formula is C17H20BrFN4O2. The Kier molecular flexibility index (Phi) is 5.39. The molecule has 2 heterocycles. The predicted octanol–water partition coefficient (Wildman–Crippen LogP) is 2.26. The van der Waals surface area contributed by atoms with Gasteiger partial charge in [0, 0.05) is 35.4 Å². The van der Waals surface area contributed by atoms with E-state index in [1.54, 1.807) is 12.3 Å². The fourth-order valence-corrected chi connectivity index (χ4v) is 3.86. The number of anilines is 1. The number of hydrogen-bond acceptors (Lipinski definition) is 4. The second kappa shape index (κ2) is 7.53. The molecule has 3 rings (SSSR count). The van der Waals surface area contributed by atoms with Gasteiger partial charge in [-0.3, -0.25) is 9.48 Å². The molecule has 1 aliphatic rings. The molecule has 0 saturated carbocycles. The van der Waals surface area contributed by atoms with Crippen LogP contribution in [-0.2, 0) is 6.54 Å². The number of aliphatic hydroxyl groups is 1. The van der Waals surface area contributed by atoms with Crippen LogP contribution >= 0.6 is 15.9 Å². The summed E-state index contributed by atoms with van der Waals surface area (Å²) in [5.41, 5.74) is 6.94. The average molecular weight is 411 g/mol. The van der Waals surface area contributed by atoms with Crippen molar-refractivity contribution in [3.8, 4) is 0 Å². The van der Waals surface area contributed by atoms with Gasteiger partial charge in [-0.1, -0.05) is 15.9 Å². The van der Waals surface area contributed by atoms with Crippen molar-refractivity contribution in [3.05, 3.63) is 45.9 Å². The van der Waals surface area contributed by atoms with E-state index >= 15 is 0 Å². The zero-order valence-electron chi connectivity index (χ0n) is 13.7. The van der Waals surface area contributed by atoms with Crippen LogP contribution in [0.15, 0.2) is 28.9 Å². The highest BCUT2D eigenvalue weighted by atomic mass is 79.9. The number of amides is 1. The molecule has 0 atom stereocenters. The molecule has 25 heavy (non-hydrogen) atoms. The summed E-state index contributed by atoms with van der Waals surface area (Å²) >= 11 is 3.28. The van der Waals surface area contributed by atoms with Crippen molar-refractivity contribution in [1.29, 1.82) is 0 Å². The van der Waals surface area contributed by atoms with E-state index in [-0.39, 0.29) is 12.2 Å². The topological polar surface area (TPSA) is 84.4 Å². The lowest BCUT2D eigenvalue weighted by Crippen LogP contribution is -2.35. The van der Waals surface area contributed by atoms with Crippen LogP contribution in [0.5, 0.6) is 0 Å². The second-order valence-corrected chi connectivity index (χ2v) is 7.03. The molecule has 0 bridgehead atoms. The number of aliphatic hydroxyl groups excluding tert-OH is 1. The third-order valence-electron chi connectivity index (χ3n) is 4.60. The number of halogens is 2. The average Bonchev–Trinajstić information content (AvgIpc) is 3.02. The first-order chi connectivity index (χ1) is 12.0. The Balaban J connectivity index is 1.79. The van der Waals surface area contributed by atoms with Crippen LogP contribution in [0.2, 0.25) is 0 Å². The van der Waals surface area contributed by atoms with Crippen molar-refractivity contribution in [2.24, 2.45) is 5.73 Å². The zero-order valence-corrected chi connectivity index (χ0v) is 15.2. The first-order valence-corrected chi connectivity index (χ1v) is 8.97. The van der Waals surface area contributed by atoms with Crippen molar-refractivity contribution in [2.75, 3.05) is 24.6 Å². The number of piperidine rings is 1. The molecule has 0 spiro atoms. The molecule has 0 radical (unpaired) electrons. The Labute approximate surface area is 153 Å². The molecule has 0 unspecified atom stereocenters. The number of benzene rings is 1. The van der Waals surface area contributed by atoms with Gasteiger partial charge in [0.2, 0.25) is 0 Å². The van der Waals surface area contributed by atoms with Gasteiger partial charge in [-0.25, -0.2) is 4.39 Å². The molecular weight excluding hydrogens is 391 g/mol.